The van der Waals surface area contributed by atoms with Crippen LogP contribution in [-0.4, -0.2) is 72.3 Å². The fraction of sp³-hybridized carbons (Fsp3) is 0.429. The van der Waals surface area contributed by atoms with Gasteiger partial charge in [-0.15, -0.1) is 0 Å². The second kappa shape index (κ2) is 10.6. The van der Waals surface area contributed by atoms with E-state index in [4.69, 9.17) is 9.47 Å². The van der Waals surface area contributed by atoms with Crippen molar-refractivity contribution in [3.05, 3.63) is 41.7 Å². The Balaban J connectivity index is 1.39. The fourth-order valence-corrected chi connectivity index (χ4v) is 3.46. The first-order valence-corrected chi connectivity index (χ1v) is 10.2. The first-order chi connectivity index (χ1) is 15.4. The molecule has 0 spiro atoms. The van der Waals surface area contributed by atoms with Gasteiger partial charge in [0.05, 0.1) is 32.5 Å². The number of carbonyl (C=O) groups is 3. The van der Waals surface area contributed by atoms with Gasteiger partial charge in [-0.25, -0.2) is 0 Å². The number of likely N-dealkylation sites (tertiary alicyclic amines) is 1. The van der Waals surface area contributed by atoms with E-state index in [9.17, 15) is 14.4 Å². The van der Waals surface area contributed by atoms with E-state index in [2.05, 4.69) is 21.3 Å². The molecule has 2 heterocycles. The first-order valence-electron chi connectivity index (χ1n) is 10.2. The Kier molecular flexibility index (Phi) is 7.66. The highest BCUT2D eigenvalue weighted by Crippen LogP contribution is 2.27. The number of amides is 3. The van der Waals surface area contributed by atoms with Crippen LogP contribution in [0.1, 0.15) is 33.6 Å². The lowest BCUT2D eigenvalue weighted by molar-refractivity contribution is -0.123. The molecule has 1 fully saturated rings. The number of aromatic nitrogens is 2. The summed E-state index contributed by atoms with van der Waals surface area (Å²) in [4.78, 5) is 38.7. The van der Waals surface area contributed by atoms with Crippen LogP contribution < -0.4 is 25.6 Å². The van der Waals surface area contributed by atoms with Gasteiger partial charge in [-0.2, -0.15) is 5.10 Å². The molecule has 0 saturated carbocycles. The average molecular weight is 444 g/mol. The van der Waals surface area contributed by atoms with Crippen molar-refractivity contribution >= 4 is 17.7 Å². The van der Waals surface area contributed by atoms with Crippen LogP contribution in [0.2, 0.25) is 0 Å². The first kappa shape index (κ1) is 23.1. The van der Waals surface area contributed by atoms with Gasteiger partial charge in [0.1, 0.15) is 0 Å². The maximum Gasteiger partial charge on any atom is 0.269 e. The van der Waals surface area contributed by atoms with Crippen molar-refractivity contribution in [3.63, 3.8) is 0 Å². The molecule has 3 rings (SSSR count). The van der Waals surface area contributed by atoms with Gasteiger partial charge >= 0.3 is 0 Å². The third-order valence-corrected chi connectivity index (χ3v) is 5.22. The van der Waals surface area contributed by atoms with E-state index in [1.807, 2.05) is 4.90 Å². The van der Waals surface area contributed by atoms with E-state index < -0.39 is 5.91 Å². The maximum atomic E-state index is 12.3. The average Bonchev–Trinajstić information content (AvgIpc) is 3.24. The summed E-state index contributed by atoms with van der Waals surface area (Å²) in [5.41, 5.74) is 5.69. The number of rotatable bonds is 7. The highest BCUT2D eigenvalue weighted by Gasteiger charge is 2.23. The highest BCUT2D eigenvalue weighted by molar-refractivity contribution is 5.96. The number of carbonyl (C=O) groups excluding carboxylic acids is 3. The Morgan fingerprint density at radius 1 is 1.03 bits per heavy atom. The van der Waals surface area contributed by atoms with Gasteiger partial charge < -0.3 is 14.8 Å². The molecule has 1 aliphatic heterocycles. The molecule has 1 aliphatic rings. The zero-order valence-electron chi connectivity index (χ0n) is 18.4. The number of benzene rings is 1. The molecule has 3 N–H and O–H groups in total. The Hall–Kier alpha value is -3.60. The minimum Gasteiger partial charge on any atom is -0.493 e. The van der Waals surface area contributed by atoms with Crippen LogP contribution in [0.25, 0.3) is 0 Å². The van der Waals surface area contributed by atoms with Gasteiger partial charge in [-0.3, -0.25) is 34.8 Å². The monoisotopic (exact) mass is 444 g/mol. The van der Waals surface area contributed by atoms with Gasteiger partial charge in [0.25, 0.3) is 17.7 Å². The summed E-state index contributed by atoms with van der Waals surface area (Å²) in [7, 11) is 4.75. The maximum absolute atomic E-state index is 12.3. The highest BCUT2D eigenvalue weighted by atomic mass is 16.5. The molecule has 0 aliphatic carbocycles. The van der Waals surface area contributed by atoms with Crippen molar-refractivity contribution < 1.29 is 23.9 Å². The molecule has 1 aromatic carbocycles. The molecule has 0 radical (unpaired) electrons. The normalized spacial score (nSPS) is 14.5. The number of aryl methyl sites for hydroxylation is 1. The summed E-state index contributed by atoms with van der Waals surface area (Å²) < 4.78 is 11.9. The predicted octanol–water partition coefficient (Wildman–Crippen LogP) is 0.0927. The van der Waals surface area contributed by atoms with E-state index in [0.717, 1.165) is 12.8 Å². The second-order valence-corrected chi connectivity index (χ2v) is 7.50. The predicted molar refractivity (Wildman–Crippen MR) is 115 cm³/mol. The summed E-state index contributed by atoms with van der Waals surface area (Å²) in [6.45, 7) is 1.47. The minimum absolute atomic E-state index is 0.0479. The van der Waals surface area contributed by atoms with E-state index >= 15 is 0 Å². The summed E-state index contributed by atoms with van der Waals surface area (Å²) >= 11 is 0. The lowest BCUT2D eigenvalue weighted by atomic mass is 10.0. The number of nitrogens with zero attached hydrogens (tertiary/aromatic N) is 3. The molecule has 172 valence electrons. The molecule has 0 atom stereocenters. The van der Waals surface area contributed by atoms with Crippen LogP contribution in [0.3, 0.4) is 0 Å². The lowest BCUT2D eigenvalue weighted by Gasteiger charge is -2.31. The van der Waals surface area contributed by atoms with Crippen molar-refractivity contribution in [1.82, 2.24) is 30.8 Å². The van der Waals surface area contributed by atoms with Gasteiger partial charge in [0.15, 0.2) is 11.5 Å². The van der Waals surface area contributed by atoms with E-state index in [1.54, 1.807) is 30.1 Å². The molecule has 11 nitrogen and oxygen atoms in total. The largest absolute Gasteiger partial charge is 0.493 e. The standard InChI is InChI=1S/C21H28N6O5/c1-26-12-15(11-22-26)20(29)23-16-6-8-27(9-7-16)13-19(28)24-25-21(30)14-4-5-17(31-2)18(10-14)32-3/h4-5,10-12,16H,6-9,13H2,1-3H3,(H,23,29)(H,24,28)(H,25,30). The van der Waals surface area contributed by atoms with Crippen molar-refractivity contribution in [2.75, 3.05) is 33.9 Å². The number of hydrazine groups is 1. The molecular weight excluding hydrogens is 416 g/mol. The molecule has 11 heteroatoms. The smallest absolute Gasteiger partial charge is 0.269 e. The molecule has 1 saturated heterocycles. The number of piperidine rings is 1. The van der Waals surface area contributed by atoms with E-state index in [-0.39, 0.29) is 24.4 Å². The summed E-state index contributed by atoms with van der Waals surface area (Å²) in [6, 6.07) is 4.78. The number of methoxy groups -OCH3 is 2. The summed E-state index contributed by atoms with van der Waals surface area (Å²) in [5, 5.41) is 7.00. The van der Waals surface area contributed by atoms with Gasteiger partial charge in [-0.05, 0) is 31.0 Å². The second-order valence-electron chi connectivity index (χ2n) is 7.50. The van der Waals surface area contributed by atoms with Crippen molar-refractivity contribution in [3.8, 4) is 11.5 Å². The molecule has 0 bridgehead atoms. The Bertz CT molecular complexity index is 967. The summed E-state index contributed by atoms with van der Waals surface area (Å²) in [6.07, 6.45) is 4.67. The summed E-state index contributed by atoms with van der Waals surface area (Å²) in [5.74, 6) is -0.00181. The van der Waals surface area contributed by atoms with Crippen LogP contribution in [0, 0.1) is 0 Å². The topological polar surface area (TPSA) is 127 Å². The van der Waals surface area contributed by atoms with Crippen molar-refractivity contribution in [1.29, 1.82) is 0 Å². The van der Waals surface area contributed by atoms with Crippen LogP contribution in [0.4, 0.5) is 0 Å². The minimum atomic E-state index is -0.462. The number of ether oxygens (including phenoxy) is 2. The molecule has 3 amide bonds. The van der Waals surface area contributed by atoms with Gasteiger partial charge in [-0.1, -0.05) is 0 Å². The van der Waals surface area contributed by atoms with Crippen molar-refractivity contribution in [2.45, 2.75) is 18.9 Å². The lowest BCUT2D eigenvalue weighted by Crippen LogP contribution is -2.50. The van der Waals surface area contributed by atoms with Crippen LogP contribution in [0.15, 0.2) is 30.6 Å². The third-order valence-electron chi connectivity index (χ3n) is 5.22. The van der Waals surface area contributed by atoms with Gasteiger partial charge in [0, 0.05) is 37.9 Å². The molecule has 1 aromatic heterocycles. The van der Waals surface area contributed by atoms with E-state index in [0.29, 0.717) is 35.7 Å². The Morgan fingerprint density at radius 3 is 2.38 bits per heavy atom. The van der Waals surface area contributed by atoms with Crippen LogP contribution in [0.5, 0.6) is 11.5 Å². The zero-order chi connectivity index (χ0) is 23.1. The Labute approximate surface area is 186 Å². The number of hydrogen-bond acceptors (Lipinski definition) is 7. The zero-order valence-corrected chi connectivity index (χ0v) is 18.4. The quantitative estimate of drug-likeness (QED) is 0.517. The van der Waals surface area contributed by atoms with E-state index in [1.165, 1.54) is 26.5 Å². The Morgan fingerprint density at radius 2 is 1.75 bits per heavy atom. The SMILES string of the molecule is COc1ccc(C(=O)NNC(=O)CN2CCC(NC(=O)c3cnn(C)c3)CC2)cc1OC. The molecular formula is C21H28N6O5. The van der Waals surface area contributed by atoms with Crippen molar-refractivity contribution in [2.24, 2.45) is 7.05 Å². The fourth-order valence-electron chi connectivity index (χ4n) is 3.46. The number of nitrogens with one attached hydrogen (secondary N) is 3. The van der Waals surface area contributed by atoms with Crippen LogP contribution in [-0.2, 0) is 11.8 Å². The molecule has 2 aromatic rings. The third kappa shape index (κ3) is 5.97. The van der Waals surface area contributed by atoms with Gasteiger partial charge in [0.2, 0.25) is 0 Å². The molecule has 0 unspecified atom stereocenters. The number of hydrogen-bond donors (Lipinski definition) is 3. The van der Waals surface area contributed by atoms with Crippen LogP contribution >= 0.6 is 0 Å². The molecule has 32 heavy (non-hydrogen) atoms.